The van der Waals surface area contributed by atoms with Gasteiger partial charge < -0.3 is 4.74 Å². The highest BCUT2D eigenvalue weighted by Crippen LogP contribution is 2.24. The Morgan fingerprint density at radius 3 is 2.43 bits per heavy atom. The number of Topliss-reactive ketones (excluding diaryl/α,β-unsaturated/α-hetero) is 1. The zero-order valence-electron chi connectivity index (χ0n) is 9.13. The molecule has 2 heteroatoms. The van der Waals surface area contributed by atoms with Gasteiger partial charge in [0.15, 0.2) is 5.78 Å². The summed E-state index contributed by atoms with van der Waals surface area (Å²) in [4.78, 5) is 11.3. The molecule has 0 saturated carbocycles. The minimum absolute atomic E-state index is 0.108. The maximum atomic E-state index is 11.3. The van der Waals surface area contributed by atoms with Gasteiger partial charge in [-0.05, 0) is 36.6 Å². The van der Waals surface area contributed by atoms with Crippen molar-refractivity contribution in [3.63, 3.8) is 0 Å². The average Bonchev–Trinajstić information content (AvgIpc) is 2.16. The van der Waals surface area contributed by atoms with Crippen LogP contribution in [0.4, 0.5) is 0 Å². The molecule has 0 heterocycles. The summed E-state index contributed by atoms with van der Waals surface area (Å²) in [6, 6.07) is 5.58. The Bertz CT molecular complexity index is 340. The van der Waals surface area contributed by atoms with Crippen LogP contribution in [0.5, 0.6) is 5.75 Å². The molecule has 1 aromatic rings. The van der Waals surface area contributed by atoms with E-state index in [2.05, 4.69) is 13.8 Å². The third kappa shape index (κ3) is 2.13. The molecule has 0 spiro atoms. The first-order valence-corrected chi connectivity index (χ1v) is 4.75. The van der Waals surface area contributed by atoms with Crippen molar-refractivity contribution < 1.29 is 9.53 Å². The Morgan fingerprint density at radius 2 is 2.00 bits per heavy atom. The lowest BCUT2D eigenvalue weighted by Gasteiger charge is -2.12. The molecule has 0 amide bonds. The summed E-state index contributed by atoms with van der Waals surface area (Å²) < 4.78 is 5.13. The fourth-order valence-corrected chi connectivity index (χ4v) is 1.47. The standard InChI is InChI=1S/C12H16O2/c1-8(2)12-7-10(14-4)5-6-11(12)9(3)13/h5-8H,1-4H3. The number of carbonyl (C=O) groups excluding carboxylic acids is 1. The Hall–Kier alpha value is -1.31. The molecule has 14 heavy (non-hydrogen) atoms. The maximum absolute atomic E-state index is 11.3. The first-order chi connectivity index (χ1) is 6.56. The van der Waals surface area contributed by atoms with Crippen LogP contribution >= 0.6 is 0 Å². The average molecular weight is 192 g/mol. The van der Waals surface area contributed by atoms with E-state index < -0.39 is 0 Å². The predicted octanol–water partition coefficient (Wildman–Crippen LogP) is 3.02. The lowest BCUT2D eigenvalue weighted by atomic mass is 9.95. The molecule has 0 aliphatic carbocycles. The fraction of sp³-hybridized carbons (Fsp3) is 0.417. The van der Waals surface area contributed by atoms with Crippen LogP contribution in [0.3, 0.4) is 0 Å². The predicted molar refractivity (Wildman–Crippen MR) is 57.1 cm³/mol. The summed E-state index contributed by atoms with van der Waals surface area (Å²) in [5.74, 6) is 1.25. The van der Waals surface area contributed by atoms with Crippen LogP contribution < -0.4 is 4.74 Å². The molecule has 0 saturated heterocycles. The highest BCUT2D eigenvalue weighted by Gasteiger charge is 2.11. The van der Waals surface area contributed by atoms with Gasteiger partial charge in [0, 0.05) is 5.56 Å². The van der Waals surface area contributed by atoms with E-state index in [1.54, 1.807) is 14.0 Å². The van der Waals surface area contributed by atoms with Crippen LogP contribution in [0, 0.1) is 0 Å². The van der Waals surface area contributed by atoms with Gasteiger partial charge in [0.05, 0.1) is 7.11 Å². The monoisotopic (exact) mass is 192 g/mol. The summed E-state index contributed by atoms with van der Waals surface area (Å²) in [7, 11) is 1.63. The first-order valence-electron chi connectivity index (χ1n) is 4.75. The van der Waals surface area contributed by atoms with E-state index in [-0.39, 0.29) is 5.78 Å². The van der Waals surface area contributed by atoms with Gasteiger partial charge >= 0.3 is 0 Å². The topological polar surface area (TPSA) is 26.3 Å². The summed E-state index contributed by atoms with van der Waals surface area (Å²) in [6.45, 7) is 5.73. The second-order valence-electron chi connectivity index (χ2n) is 3.66. The minimum Gasteiger partial charge on any atom is -0.497 e. The van der Waals surface area contributed by atoms with E-state index in [4.69, 9.17) is 4.74 Å². The molecule has 0 bridgehead atoms. The molecular formula is C12H16O2. The SMILES string of the molecule is COc1ccc(C(C)=O)c(C(C)C)c1. The van der Waals surface area contributed by atoms with Crippen molar-refractivity contribution in [2.45, 2.75) is 26.7 Å². The number of methoxy groups -OCH3 is 1. The highest BCUT2D eigenvalue weighted by molar-refractivity contribution is 5.95. The van der Waals surface area contributed by atoms with Crippen LogP contribution in [0.15, 0.2) is 18.2 Å². The molecular weight excluding hydrogens is 176 g/mol. The zero-order chi connectivity index (χ0) is 10.7. The van der Waals surface area contributed by atoms with Gasteiger partial charge in [-0.2, -0.15) is 0 Å². The molecule has 0 radical (unpaired) electrons. The lowest BCUT2D eigenvalue weighted by molar-refractivity contribution is 0.101. The fourth-order valence-electron chi connectivity index (χ4n) is 1.47. The molecule has 1 aromatic carbocycles. The quantitative estimate of drug-likeness (QED) is 0.688. The third-order valence-corrected chi connectivity index (χ3v) is 2.26. The van der Waals surface area contributed by atoms with Crippen LogP contribution in [-0.2, 0) is 0 Å². The normalized spacial score (nSPS) is 10.4. The minimum atomic E-state index is 0.108. The van der Waals surface area contributed by atoms with Crippen molar-refractivity contribution >= 4 is 5.78 Å². The molecule has 0 aliphatic heterocycles. The molecule has 1 rings (SSSR count). The van der Waals surface area contributed by atoms with E-state index in [1.807, 2.05) is 18.2 Å². The highest BCUT2D eigenvalue weighted by atomic mass is 16.5. The summed E-state index contributed by atoms with van der Waals surface area (Å²) >= 11 is 0. The molecule has 0 atom stereocenters. The molecule has 0 unspecified atom stereocenters. The Kier molecular flexibility index (Phi) is 3.28. The molecule has 0 aromatic heterocycles. The van der Waals surface area contributed by atoms with Gasteiger partial charge in [0.1, 0.15) is 5.75 Å². The third-order valence-electron chi connectivity index (χ3n) is 2.26. The summed E-state index contributed by atoms with van der Waals surface area (Å²) in [5.41, 5.74) is 1.85. The van der Waals surface area contributed by atoms with E-state index in [9.17, 15) is 4.79 Å². The molecule has 0 N–H and O–H groups in total. The molecule has 2 nitrogen and oxygen atoms in total. The van der Waals surface area contributed by atoms with Crippen LogP contribution in [-0.4, -0.2) is 12.9 Å². The lowest BCUT2D eigenvalue weighted by Crippen LogP contribution is -2.01. The van der Waals surface area contributed by atoms with Crippen molar-refractivity contribution in [1.29, 1.82) is 0 Å². The molecule has 0 aliphatic rings. The molecule has 0 fully saturated rings. The second-order valence-corrected chi connectivity index (χ2v) is 3.66. The van der Waals surface area contributed by atoms with Crippen molar-refractivity contribution in [2.24, 2.45) is 0 Å². The number of hydrogen-bond acceptors (Lipinski definition) is 2. The first kappa shape index (κ1) is 10.8. The largest absolute Gasteiger partial charge is 0.497 e. The van der Waals surface area contributed by atoms with E-state index in [1.165, 1.54) is 0 Å². The zero-order valence-corrected chi connectivity index (χ0v) is 9.13. The Balaban J connectivity index is 3.24. The smallest absolute Gasteiger partial charge is 0.160 e. The number of carbonyl (C=O) groups is 1. The Labute approximate surface area is 84.9 Å². The van der Waals surface area contributed by atoms with Crippen molar-refractivity contribution in [3.05, 3.63) is 29.3 Å². The Morgan fingerprint density at radius 1 is 1.36 bits per heavy atom. The van der Waals surface area contributed by atoms with Crippen molar-refractivity contribution in [1.82, 2.24) is 0 Å². The van der Waals surface area contributed by atoms with Gasteiger partial charge in [-0.25, -0.2) is 0 Å². The number of ether oxygens (including phenoxy) is 1. The maximum Gasteiger partial charge on any atom is 0.160 e. The van der Waals surface area contributed by atoms with Crippen LogP contribution in [0.25, 0.3) is 0 Å². The number of ketones is 1. The second kappa shape index (κ2) is 4.27. The van der Waals surface area contributed by atoms with Crippen molar-refractivity contribution in [3.8, 4) is 5.75 Å². The van der Waals surface area contributed by atoms with E-state index in [0.29, 0.717) is 5.92 Å². The number of rotatable bonds is 3. The van der Waals surface area contributed by atoms with E-state index in [0.717, 1.165) is 16.9 Å². The van der Waals surface area contributed by atoms with Gasteiger partial charge in [-0.3, -0.25) is 4.79 Å². The van der Waals surface area contributed by atoms with Crippen molar-refractivity contribution in [2.75, 3.05) is 7.11 Å². The van der Waals surface area contributed by atoms with Gasteiger partial charge in [-0.15, -0.1) is 0 Å². The van der Waals surface area contributed by atoms with Gasteiger partial charge in [0.2, 0.25) is 0 Å². The van der Waals surface area contributed by atoms with Crippen LogP contribution in [0.2, 0.25) is 0 Å². The van der Waals surface area contributed by atoms with Crippen LogP contribution in [0.1, 0.15) is 42.6 Å². The van der Waals surface area contributed by atoms with E-state index >= 15 is 0 Å². The van der Waals surface area contributed by atoms with Gasteiger partial charge in [-0.1, -0.05) is 13.8 Å². The molecule has 76 valence electrons. The number of hydrogen-bond donors (Lipinski definition) is 0. The number of benzene rings is 1. The summed E-state index contributed by atoms with van der Waals surface area (Å²) in [5, 5.41) is 0. The van der Waals surface area contributed by atoms with Gasteiger partial charge in [0.25, 0.3) is 0 Å². The summed E-state index contributed by atoms with van der Waals surface area (Å²) in [6.07, 6.45) is 0.